The summed E-state index contributed by atoms with van der Waals surface area (Å²) in [5.41, 5.74) is 0. The number of hydrogen-bond acceptors (Lipinski definition) is 4. The Morgan fingerprint density at radius 3 is 0.950 bits per heavy atom. The molecule has 0 rings (SSSR count). The third kappa shape index (κ3) is 11.3. The lowest BCUT2D eigenvalue weighted by Crippen LogP contribution is -2.23. The molecule has 0 amide bonds. The molecule has 20 heavy (non-hydrogen) atoms. The zero-order valence-electron chi connectivity index (χ0n) is 9.19. The highest BCUT2D eigenvalue weighted by Crippen LogP contribution is 2.52. The van der Waals surface area contributed by atoms with Crippen LogP contribution < -0.4 is 0 Å². The molecule has 0 bridgehead atoms. The molecule has 0 aliphatic heterocycles. The molecule has 0 unspecified atom stereocenters. The Bertz CT molecular complexity index is 297. The van der Waals surface area contributed by atoms with Crippen molar-refractivity contribution in [1.29, 1.82) is 5.16 Å². The Hall–Kier alpha value is -0.520. The number of rotatable bonds is 6. The van der Waals surface area contributed by atoms with Crippen LogP contribution in [0.5, 0.6) is 0 Å². The van der Waals surface area contributed by atoms with Gasteiger partial charge in [-0.3, -0.25) is 13.6 Å². The fourth-order valence-corrected chi connectivity index (χ4v) is 1.76. The van der Waals surface area contributed by atoms with E-state index in [1.165, 1.54) is 0 Å². The van der Waals surface area contributed by atoms with Gasteiger partial charge in [0.15, 0.2) is 19.8 Å². The number of alkyl halides is 9. The molecule has 122 valence electrons. The van der Waals surface area contributed by atoms with E-state index in [4.69, 9.17) is 5.16 Å². The van der Waals surface area contributed by atoms with Gasteiger partial charge in [-0.25, -0.2) is 5.16 Å². The average molecular weight is 343 g/mol. The van der Waals surface area contributed by atoms with Gasteiger partial charge >= 0.3 is 26.3 Å². The van der Waals surface area contributed by atoms with Gasteiger partial charge in [0.25, 0.3) is 0 Å². The Morgan fingerprint density at radius 2 is 0.800 bits per heavy atom. The Kier molecular flexibility index (Phi) is 6.33. The molecule has 14 heteroatoms. The minimum absolute atomic E-state index is 2.28. The van der Waals surface area contributed by atoms with Gasteiger partial charge < -0.3 is 0 Å². The van der Waals surface area contributed by atoms with Crippen molar-refractivity contribution in [1.82, 2.24) is 0 Å². The van der Waals surface area contributed by atoms with Gasteiger partial charge in [0.2, 0.25) is 0 Å². The van der Waals surface area contributed by atoms with Crippen LogP contribution in [-0.4, -0.2) is 38.3 Å². The van der Waals surface area contributed by atoms with Crippen LogP contribution in [0.2, 0.25) is 0 Å². The molecule has 0 spiro atoms. The highest BCUT2D eigenvalue weighted by molar-refractivity contribution is 7.49. The van der Waals surface area contributed by atoms with Crippen molar-refractivity contribution in [3.8, 4) is 0 Å². The third-order valence-electron chi connectivity index (χ3n) is 1.19. The van der Waals surface area contributed by atoms with E-state index in [2.05, 4.69) is 13.6 Å². The molecule has 0 aromatic heterocycles. The second-order valence-corrected chi connectivity index (χ2v) is 4.93. The van der Waals surface area contributed by atoms with Crippen molar-refractivity contribution >= 4 is 7.74 Å². The predicted molar refractivity (Wildman–Crippen MR) is 45.7 cm³/mol. The number of nitrogens with one attached hydrogen (secondary N) is 1. The van der Waals surface area contributed by atoms with Crippen molar-refractivity contribution in [3.05, 3.63) is 0 Å². The van der Waals surface area contributed by atoms with Gasteiger partial charge in [-0.05, 0) is 0 Å². The van der Waals surface area contributed by atoms with Gasteiger partial charge in [-0.2, -0.15) is 39.5 Å². The molecule has 0 aliphatic carbocycles. The summed E-state index contributed by atoms with van der Waals surface area (Å²) < 4.78 is 117. The predicted octanol–water partition coefficient (Wildman–Crippen LogP) is 4.25. The molecule has 0 saturated carbocycles. The summed E-state index contributed by atoms with van der Waals surface area (Å²) in [5, 5.41) is 6.90. The van der Waals surface area contributed by atoms with E-state index in [0.717, 1.165) is 0 Å². The molecule has 0 aromatic rings. The molecule has 0 heterocycles. The smallest absolute Gasteiger partial charge is 0.293 e. The van der Waals surface area contributed by atoms with Crippen molar-refractivity contribution in [3.63, 3.8) is 0 Å². The molecule has 0 saturated heterocycles. The largest absolute Gasteiger partial charge is 0.412 e. The highest BCUT2D eigenvalue weighted by atomic mass is 31.2. The SMILES string of the molecule is N=P(OCC(F)(F)F)(OCC(F)(F)F)OCC(F)(F)F. The standard InChI is InChI=1S/C6H7F9NO3P/c7-4(8,9)1-17-20(16,18-2-5(10,11)12)19-3-6(13,14)15/h16H,1-3H2. The fraction of sp³-hybridized carbons (Fsp3) is 1.00. The maximum atomic E-state index is 11.8. The van der Waals surface area contributed by atoms with Crippen LogP contribution in [0.25, 0.3) is 0 Å². The monoisotopic (exact) mass is 343 g/mol. The van der Waals surface area contributed by atoms with E-state index < -0.39 is 46.1 Å². The van der Waals surface area contributed by atoms with Crippen molar-refractivity contribution in [2.45, 2.75) is 18.5 Å². The molecule has 0 aromatic carbocycles. The first-order valence-electron chi connectivity index (χ1n) is 4.40. The lowest BCUT2D eigenvalue weighted by atomic mass is 10.7. The molecule has 0 atom stereocenters. The number of halogens is 9. The van der Waals surface area contributed by atoms with Crippen LogP contribution in [0.3, 0.4) is 0 Å². The van der Waals surface area contributed by atoms with Crippen LogP contribution in [-0.2, 0) is 13.6 Å². The minimum Gasteiger partial charge on any atom is -0.293 e. The number of hydrogen-bond donors (Lipinski definition) is 1. The van der Waals surface area contributed by atoms with Crippen molar-refractivity contribution < 1.29 is 53.1 Å². The topological polar surface area (TPSA) is 51.5 Å². The van der Waals surface area contributed by atoms with E-state index >= 15 is 0 Å². The van der Waals surface area contributed by atoms with Gasteiger partial charge in [0.1, 0.15) is 0 Å². The fourth-order valence-electron chi connectivity index (χ4n) is 0.586. The zero-order chi connectivity index (χ0) is 16.2. The van der Waals surface area contributed by atoms with Crippen molar-refractivity contribution in [2.24, 2.45) is 0 Å². The van der Waals surface area contributed by atoms with E-state index in [9.17, 15) is 39.5 Å². The summed E-state index contributed by atoms with van der Waals surface area (Å²) in [6, 6.07) is 0. The lowest BCUT2D eigenvalue weighted by Gasteiger charge is -2.23. The average Bonchev–Trinajstić information content (AvgIpc) is 2.18. The molecule has 0 radical (unpaired) electrons. The van der Waals surface area contributed by atoms with Crippen molar-refractivity contribution in [2.75, 3.05) is 19.8 Å². The maximum Gasteiger partial charge on any atom is 0.412 e. The van der Waals surface area contributed by atoms with Crippen LogP contribution in [0.1, 0.15) is 0 Å². The third-order valence-corrected chi connectivity index (χ3v) is 2.60. The zero-order valence-corrected chi connectivity index (χ0v) is 10.1. The first-order chi connectivity index (χ1) is 8.62. The Labute approximate surface area is 105 Å². The van der Waals surface area contributed by atoms with Crippen LogP contribution in [0.15, 0.2) is 0 Å². The molecule has 0 fully saturated rings. The molecule has 4 nitrogen and oxygen atoms in total. The van der Waals surface area contributed by atoms with Gasteiger partial charge in [0.05, 0.1) is 0 Å². The second kappa shape index (κ2) is 6.50. The summed E-state index contributed by atoms with van der Waals surface area (Å²) in [6.07, 6.45) is -15.2. The van der Waals surface area contributed by atoms with E-state index in [-0.39, 0.29) is 0 Å². The first kappa shape index (κ1) is 19.5. The summed E-state index contributed by atoms with van der Waals surface area (Å²) in [5.74, 6) is 0. The summed E-state index contributed by atoms with van der Waals surface area (Å²) in [6.45, 7) is -6.83. The van der Waals surface area contributed by atoms with Gasteiger partial charge in [-0.15, -0.1) is 0 Å². The van der Waals surface area contributed by atoms with Crippen LogP contribution >= 0.6 is 7.74 Å². The van der Waals surface area contributed by atoms with E-state index in [0.29, 0.717) is 0 Å². The quantitative estimate of drug-likeness (QED) is 0.580. The normalized spacial score (nSPS) is 14.7. The second-order valence-electron chi connectivity index (χ2n) is 3.16. The highest BCUT2D eigenvalue weighted by Gasteiger charge is 2.39. The Morgan fingerprint density at radius 1 is 0.600 bits per heavy atom. The van der Waals surface area contributed by atoms with E-state index in [1.54, 1.807) is 0 Å². The summed E-state index contributed by atoms with van der Waals surface area (Å²) in [7, 11) is -5.17. The lowest BCUT2D eigenvalue weighted by molar-refractivity contribution is -0.177. The molecular weight excluding hydrogens is 336 g/mol. The first-order valence-corrected chi connectivity index (χ1v) is 5.94. The van der Waals surface area contributed by atoms with Gasteiger partial charge in [0, 0.05) is 0 Å². The molecular formula is C6H7F9NO3P. The van der Waals surface area contributed by atoms with E-state index in [1.807, 2.05) is 0 Å². The molecule has 1 N–H and O–H groups in total. The van der Waals surface area contributed by atoms with Gasteiger partial charge in [-0.1, -0.05) is 0 Å². The summed E-state index contributed by atoms with van der Waals surface area (Å²) in [4.78, 5) is 0. The van der Waals surface area contributed by atoms with Crippen LogP contribution in [0.4, 0.5) is 39.5 Å². The Balaban J connectivity index is 4.71. The van der Waals surface area contributed by atoms with Crippen LogP contribution in [0, 0.1) is 5.16 Å². The molecule has 0 aliphatic rings. The summed E-state index contributed by atoms with van der Waals surface area (Å²) >= 11 is 0. The maximum absolute atomic E-state index is 11.8. The minimum atomic E-state index is -5.17.